The molecule has 0 spiro atoms. The second-order valence-corrected chi connectivity index (χ2v) is 9.58. The Morgan fingerprint density at radius 3 is 2.67 bits per heavy atom. The first-order valence-electron chi connectivity index (χ1n) is 9.58. The number of hydroxylamine groups is 1. The van der Waals surface area contributed by atoms with Crippen molar-refractivity contribution >= 4 is 40.3 Å². The van der Waals surface area contributed by atoms with Crippen LogP contribution in [0.3, 0.4) is 0 Å². The van der Waals surface area contributed by atoms with Gasteiger partial charge in [0.25, 0.3) is 5.91 Å². The van der Waals surface area contributed by atoms with Crippen LogP contribution >= 0.6 is 24.0 Å². The fourth-order valence-electron chi connectivity index (χ4n) is 3.01. The summed E-state index contributed by atoms with van der Waals surface area (Å²) in [4.78, 5) is 34.5. The summed E-state index contributed by atoms with van der Waals surface area (Å²) in [5, 5.41) is 0. The van der Waals surface area contributed by atoms with Crippen molar-refractivity contribution in [1.82, 2.24) is 15.3 Å². The van der Waals surface area contributed by atoms with Gasteiger partial charge in [0.05, 0.1) is 12.6 Å². The number of rotatable bonds is 6. The molecule has 27 heavy (non-hydrogen) atoms. The van der Waals surface area contributed by atoms with E-state index in [4.69, 9.17) is 21.8 Å². The fraction of sp³-hybridized carbons (Fsp3) is 0.833. The summed E-state index contributed by atoms with van der Waals surface area (Å²) in [6.07, 6.45) is 2.85. The molecule has 0 aromatic heterocycles. The molecule has 2 heterocycles. The molecule has 1 N–H and O–H groups in total. The van der Waals surface area contributed by atoms with Gasteiger partial charge in [-0.2, -0.15) is 5.48 Å². The molecule has 9 heteroatoms. The summed E-state index contributed by atoms with van der Waals surface area (Å²) in [5.41, 5.74) is 2.41. The van der Waals surface area contributed by atoms with Crippen molar-refractivity contribution < 1.29 is 19.2 Å². The van der Waals surface area contributed by atoms with Gasteiger partial charge in [-0.3, -0.25) is 14.6 Å². The van der Waals surface area contributed by atoms with E-state index in [1.54, 1.807) is 4.90 Å². The Morgan fingerprint density at radius 1 is 1.33 bits per heavy atom. The van der Waals surface area contributed by atoms with Crippen LogP contribution in [0.25, 0.3) is 0 Å². The van der Waals surface area contributed by atoms with Crippen LogP contribution in [0.1, 0.15) is 53.4 Å². The van der Waals surface area contributed by atoms with Crippen molar-refractivity contribution in [2.75, 3.05) is 25.4 Å². The molecule has 0 aliphatic carbocycles. The van der Waals surface area contributed by atoms with Crippen molar-refractivity contribution in [3.05, 3.63) is 0 Å². The first kappa shape index (κ1) is 22.4. The first-order valence-corrected chi connectivity index (χ1v) is 11.0. The topological polar surface area (TPSA) is 71.1 Å². The molecule has 2 aliphatic rings. The average Bonchev–Trinajstić information content (AvgIpc) is 3.02. The van der Waals surface area contributed by atoms with E-state index in [0.717, 1.165) is 25.0 Å². The molecule has 0 aromatic rings. The Balaban J connectivity index is 2.06. The molecule has 2 aliphatic heterocycles. The van der Waals surface area contributed by atoms with Gasteiger partial charge in [0.2, 0.25) is 0 Å². The van der Waals surface area contributed by atoms with Crippen LogP contribution in [0.15, 0.2) is 0 Å². The van der Waals surface area contributed by atoms with Crippen molar-refractivity contribution in [1.29, 1.82) is 0 Å². The Bertz CT molecular complexity index is 553. The van der Waals surface area contributed by atoms with Crippen molar-refractivity contribution in [3.63, 3.8) is 0 Å². The van der Waals surface area contributed by atoms with Crippen molar-refractivity contribution in [2.45, 2.75) is 71.1 Å². The van der Waals surface area contributed by atoms with Gasteiger partial charge >= 0.3 is 6.09 Å². The van der Waals surface area contributed by atoms with E-state index in [1.165, 1.54) is 16.7 Å². The number of amides is 2. The van der Waals surface area contributed by atoms with Gasteiger partial charge in [-0.25, -0.2) is 4.79 Å². The van der Waals surface area contributed by atoms with Crippen LogP contribution in [-0.4, -0.2) is 69.3 Å². The predicted molar refractivity (Wildman–Crippen MR) is 111 cm³/mol. The molecule has 7 nitrogen and oxygen atoms in total. The fourth-order valence-corrected chi connectivity index (χ4v) is 4.23. The predicted octanol–water partition coefficient (Wildman–Crippen LogP) is 2.94. The number of thiocarbonyl (C=S) groups is 1. The lowest BCUT2D eigenvalue weighted by atomic mass is 9.98. The molecule has 2 saturated heterocycles. The number of nitrogens with zero attached hydrogens (tertiary/aromatic N) is 2. The monoisotopic (exact) mass is 417 g/mol. The Labute approximate surface area is 171 Å². The lowest BCUT2D eigenvalue weighted by Gasteiger charge is -2.40. The van der Waals surface area contributed by atoms with E-state index in [1.807, 2.05) is 20.8 Å². The summed E-state index contributed by atoms with van der Waals surface area (Å²) in [6.45, 7) is 9.16. The lowest BCUT2D eigenvalue weighted by molar-refractivity contribution is -0.134. The highest BCUT2D eigenvalue weighted by atomic mass is 32.2. The number of likely N-dealkylation sites (tertiary alicyclic amines) is 1. The molecule has 0 unspecified atom stereocenters. The Hall–Kier alpha value is -0.900. The van der Waals surface area contributed by atoms with Crippen LogP contribution in [0, 0.1) is 0 Å². The quantitative estimate of drug-likeness (QED) is 0.405. The lowest BCUT2D eigenvalue weighted by Crippen LogP contribution is -2.59. The molecular weight excluding hydrogens is 386 g/mol. The van der Waals surface area contributed by atoms with Crippen LogP contribution in [0.2, 0.25) is 0 Å². The standard InChI is InChI=1S/C18H31N3O4S2/c1-5-6-10-24-19-13-7-8-14(15(22)20-9-11-27-17(20)26)21(12-13)16(23)25-18(2,3)4/h13-14,19H,5-12H2,1-4H3/t13-,14+/m1/s1. The molecule has 2 atom stereocenters. The third kappa shape index (κ3) is 6.58. The van der Waals surface area contributed by atoms with Crippen LogP contribution in [-0.2, 0) is 14.4 Å². The second-order valence-electron chi connectivity index (χ2n) is 7.85. The highest BCUT2D eigenvalue weighted by Gasteiger charge is 2.41. The molecule has 0 radical (unpaired) electrons. The normalized spacial score (nSPS) is 23.6. The van der Waals surface area contributed by atoms with Crippen molar-refractivity contribution in [3.8, 4) is 0 Å². The van der Waals surface area contributed by atoms with Crippen LogP contribution in [0.5, 0.6) is 0 Å². The molecule has 0 saturated carbocycles. The van der Waals surface area contributed by atoms with E-state index < -0.39 is 17.7 Å². The second kappa shape index (κ2) is 10.0. The zero-order valence-corrected chi connectivity index (χ0v) is 18.3. The van der Waals surface area contributed by atoms with E-state index >= 15 is 0 Å². The number of ether oxygens (including phenoxy) is 1. The van der Waals surface area contributed by atoms with Gasteiger partial charge in [-0.1, -0.05) is 37.3 Å². The highest BCUT2D eigenvalue weighted by molar-refractivity contribution is 8.23. The number of hydrogen-bond donors (Lipinski definition) is 1. The minimum atomic E-state index is -0.624. The summed E-state index contributed by atoms with van der Waals surface area (Å²) in [7, 11) is 0. The van der Waals surface area contributed by atoms with Gasteiger partial charge in [0.1, 0.15) is 16.0 Å². The summed E-state index contributed by atoms with van der Waals surface area (Å²) in [5.74, 6) is 0.695. The number of carbonyl (C=O) groups excluding carboxylic acids is 2. The van der Waals surface area contributed by atoms with Crippen LogP contribution < -0.4 is 5.48 Å². The number of unbranched alkanes of at least 4 members (excludes halogenated alkanes) is 1. The number of thioether (sulfide) groups is 1. The smallest absolute Gasteiger partial charge is 0.411 e. The van der Waals surface area contributed by atoms with Crippen LogP contribution in [0.4, 0.5) is 4.79 Å². The van der Waals surface area contributed by atoms with Gasteiger partial charge in [0, 0.05) is 18.8 Å². The number of piperidine rings is 1. The zero-order chi connectivity index (χ0) is 20.0. The molecule has 154 valence electrons. The van der Waals surface area contributed by atoms with E-state index in [0.29, 0.717) is 30.4 Å². The van der Waals surface area contributed by atoms with E-state index in [-0.39, 0.29) is 11.9 Å². The van der Waals surface area contributed by atoms with Gasteiger partial charge in [-0.05, 0) is 40.0 Å². The molecule has 0 aromatic carbocycles. The van der Waals surface area contributed by atoms with E-state index in [2.05, 4.69) is 12.4 Å². The average molecular weight is 418 g/mol. The van der Waals surface area contributed by atoms with E-state index in [9.17, 15) is 9.59 Å². The van der Waals surface area contributed by atoms with Gasteiger partial charge in [-0.15, -0.1) is 0 Å². The maximum absolute atomic E-state index is 13.0. The Morgan fingerprint density at radius 2 is 2.07 bits per heavy atom. The third-order valence-electron chi connectivity index (χ3n) is 4.37. The molecular formula is C18H31N3O4S2. The highest BCUT2D eigenvalue weighted by Crippen LogP contribution is 2.26. The maximum Gasteiger partial charge on any atom is 0.411 e. The largest absolute Gasteiger partial charge is 0.444 e. The molecule has 2 amide bonds. The van der Waals surface area contributed by atoms with Gasteiger partial charge < -0.3 is 9.57 Å². The number of hydrogen-bond acceptors (Lipinski definition) is 7. The molecule has 2 fully saturated rings. The summed E-state index contributed by atoms with van der Waals surface area (Å²) in [6, 6.07) is -0.580. The minimum absolute atomic E-state index is 0.0293. The Kier molecular flexibility index (Phi) is 8.33. The SMILES string of the molecule is CCCCON[C@@H]1CC[C@@H](C(=O)N2CCSC2=S)N(C(=O)OC(C)(C)C)C1. The van der Waals surface area contributed by atoms with Gasteiger partial charge in [0.15, 0.2) is 0 Å². The molecule has 0 bridgehead atoms. The van der Waals surface area contributed by atoms with Crippen molar-refractivity contribution in [2.24, 2.45) is 0 Å². The number of carbonyl (C=O) groups is 2. The maximum atomic E-state index is 13.0. The molecule has 2 rings (SSSR count). The summed E-state index contributed by atoms with van der Waals surface area (Å²) >= 11 is 6.79. The minimum Gasteiger partial charge on any atom is -0.444 e. The third-order valence-corrected chi connectivity index (χ3v) is 5.80. The summed E-state index contributed by atoms with van der Waals surface area (Å²) < 4.78 is 6.14. The number of nitrogens with one attached hydrogen (secondary N) is 1. The zero-order valence-electron chi connectivity index (χ0n) is 16.7. The first-order chi connectivity index (χ1) is 12.7.